The summed E-state index contributed by atoms with van der Waals surface area (Å²) in [6.07, 6.45) is 5.93. The topological polar surface area (TPSA) is 102 Å². The van der Waals surface area contributed by atoms with E-state index >= 15 is 0 Å². The minimum absolute atomic E-state index is 0.177. The van der Waals surface area contributed by atoms with Gasteiger partial charge in [-0.15, -0.1) is 0 Å². The monoisotopic (exact) mass is 420 g/mol. The molecule has 3 amide bonds. The largest absolute Gasteiger partial charge is 0.455 e. The normalized spacial score (nSPS) is 15.2. The van der Waals surface area contributed by atoms with Crippen LogP contribution in [0.25, 0.3) is 11.3 Å². The van der Waals surface area contributed by atoms with Gasteiger partial charge in [0.1, 0.15) is 17.3 Å². The molecule has 0 aromatic carbocycles. The number of imide groups is 1. The molecule has 0 atom stereocenters. The highest BCUT2D eigenvalue weighted by Crippen LogP contribution is 2.31. The van der Waals surface area contributed by atoms with Gasteiger partial charge >= 0.3 is 6.03 Å². The number of nitrogens with zero attached hydrogens (tertiary/aromatic N) is 5. The molecule has 4 heterocycles. The number of hydrogen-bond acceptors (Lipinski definition) is 6. The summed E-state index contributed by atoms with van der Waals surface area (Å²) in [4.78, 5) is 34.8. The van der Waals surface area contributed by atoms with Crippen LogP contribution in [0.2, 0.25) is 0 Å². The Morgan fingerprint density at radius 3 is 2.71 bits per heavy atom. The molecule has 0 radical (unpaired) electrons. The van der Waals surface area contributed by atoms with Crippen molar-refractivity contribution < 1.29 is 14.3 Å². The van der Waals surface area contributed by atoms with Crippen molar-refractivity contribution in [1.29, 1.82) is 0 Å². The van der Waals surface area contributed by atoms with Crippen molar-refractivity contribution >= 4 is 17.8 Å². The molecule has 1 fully saturated rings. The van der Waals surface area contributed by atoms with Crippen LogP contribution in [0.3, 0.4) is 0 Å². The molecule has 31 heavy (non-hydrogen) atoms. The van der Waals surface area contributed by atoms with Gasteiger partial charge in [0.2, 0.25) is 5.91 Å². The molecular formula is C22H24N6O3. The fourth-order valence-electron chi connectivity index (χ4n) is 3.37. The van der Waals surface area contributed by atoms with Crippen molar-refractivity contribution in [2.24, 2.45) is 12.5 Å². The van der Waals surface area contributed by atoms with E-state index in [9.17, 15) is 9.59 Å². The molecule has 4 rings (SSSR count). The van der Waals surface area contributed by atoms with Gasteiger partial charge in [0.25, 0.3) is 0 Å². The lowest BCUT2D eigenvalue weighted by molar-refractivity contribution is -0.131. The lowest BCUT2D eigenvalue weighted by Crippen LogP contribution is -2.39. The number of urea groups is 1. The van der Waals surface area contributed by atoms with E-state index in [4.69, 9.17) is 4.74 Å². The van der Waals surface area contributed by atoms with E-state index in [0.717, 1.165) is 11.3 Å². The maximum Gasteiger partial charge on any atom is 0.329 e. The standard InChI is InChI=1S/C22H24N6O3/c1-14-18(31-16-7-9-23-17(11-16)15-12-24-27(4)13-15)5-6-19(25-14)26-21(30)28-10-8-22(2,3)20(28)29/h5-7,9,11-13H,8,10H2,1-4H3,(H,25,26,30). The smallest absolute Gasteiger partial charge is 0.329 e. The van der Waals surface area contributed by atoms with E-state index in [2.05, 4.69) is 20.4 Å². The van der Waals surface area contributed by atoms with Crippen molar-refractivity contribution in [2.75, 3.05) is 11.9 Å². The molecule has 0 spiro atoms. The summed E-state index contributed by atoms with van der Waals surface area (Å²) < 4.78 is 7.69. The third-order valence-electron chi connectivity index (χ3n) is 5.26. The number of carbonyl (C=O) groups is 2. The summed E-state index contributed by atoms with van der Waals surface area (Å²) in [5.41, 5.74) is 1.72. The number of aryl methyl sites for hydroxylation is 2. The Morgan fingerprint density at radius 2 is 2.06 bits per heavy atom. The fourth-order valence-corrected chi connectivity index (χ4v) is 3.37. The van der Waals surface area contributed by atoms with Crippen LogP contribution in [-0.2, 0) is 11.8 Å². The van der Waals surface area contributed by atoms with Gasteiger partial charge in [-0.05, 0) is 31.5 Å². The number of hydrogen-bond donors (Lipinski definition) is 1. The van der Waals surface area contributed by atoms with E-state index in [1.165, 1.54) is 4.90 Å². The number of nitrogens with one attached hydrogen (secondary N) is 1. The second kappa shape index (κ2) is 7.82. The summed E-state index contributed by atoms with van der Waals surface area (Å²) in [5, 5.41) is 6.86. The van der Waals surface area contributed by atoms with E-state index in [0.29, 0.717) is 36.0 Å². The van der Waals surface area contributed by atoms with E-state index in [1.807, 2.05) is 33.2 Å². The predicted octanol–water partition coefficient (Wildman–Crippen LogP) is 3.77. The molecule has 9 nitrogen and oxygen atoms in total. The summed E-state index contributed by atoms with van der Waals surface area (Å²) in [6, 6.07) is 6.50. The third-order valence-corrected chi connectivity index (χ3v) is 5.26. The molecule has 160 valence electrons. The number of carbonyl (C=O) groups excluding carboxylic acids is 2. The Morgan fingerprint density at radius 1 is 1.26 bits per heavy atom. The summed E-state index contributed by atoms with van der Waals surface area (Å²) in [6.45, 7) is 5.88. The highest BCUT2D eigenvalue weighted by Gasteiger charge is 2.41. The number of rotatable bonds is 4. The van der Waals surface area contributed by atoms with Crippen LogP contribution in [0, 0.1) is 12.3 Å². The second-order valence-corrected chi connectivity index (χ2v) is 8.18. The fraction of sp³-hybridized carbons (Fsp3) is 0.318. The molecule has 0 saturated carbocycles. The van der Waals surface area contributed by atoms with E-state index in [-0.39, 0.29) is 5.91 Å². The van der Waals surface area contributed by atoms with Crippen molar-refractivity contribution in [3.8, 4) is 22.8 Å². The summed E-state index contributed by atoms with van der Waals surface area (Å²) in [7, 11) is 1.85. The molecule has 0 bridgehead atoms. The Kier molecular flexibility index (Phi) is 5.18. The van der Waals surface area contributed by atoms with Gasteiger partial charge in [-0.3, -0.25) is 24.7 Å². The quantitative estimate of drug-likeness (QED) is 0.689. The molecule has 1 saturated heterocycles. The van der Waals surface area contributed by atoms with Crippen LogP contribution >= 0.6 is 0 Å². The molecule has 9 heteroatoms. The van der Waals surface area contributed by atoms with Gasteiger partial charge in [0.05, 0.1) is 17.6 Å². The van der Waals surface area contributed by atoms with Crippen molar-refractivity contribution in [2.45, 2.75) is 27.2 Å². The predicted molar refractivity (Wildman–Crippen MR) is 115 cm³/mol. The Balaban J connectivity index is 1.46. The van der Waals surface area contributed by atoms with Gasteiger partial charge < -0.3 is 4.74 Å². The Hall–Kier alpha value is -3.75. The first kappa shape index (κ1) is 20.5. The highest BCUT2D eigenvalue weighted by molar-refractivity contribution is 6.03. The lowest BCUT2D eigenvalue weighted by Gasteiger charge is -2.18. The minimum Gasteiger partial charge on any atom is -0.455 e. The zero-order valence-corrected chi connectivity index (χ0v) is 17.9. The molecular weight excluding hydrogens is 396 g/mol. The van der Waals surface area contributed by atoms with E-state index < -0.39 is 11.4 Å². The summed E-state index contributed by atoms with van der Waals surface area (Å²) >= 11 is 0. The molecule has 3 aromatic heterocycles. The van der Waals surface area contributed by atoms with Gasteiger partial charge in [-0.2, -0.15) is 5.10 Å². The van der Waals surface area contributed by atoms with Crippen LogP contribution in [0.15, 0.2) is 42.9 Å². The van der Waals surface area contributed by atoms with Crippen LogP contribution in [0.4, 0.5) is 10.6 Å². The minimum atomic E-state index is -0.516. The first-order valence-electron chi connectivity index (χ1n) is 9.96. The van der Waals surface area contributed by atoms with Gasteiger partial charge in [-0.1, -0.05) is 13.8 Å². The number of anilines is 1. The van der Waals surface area contributed by atoms with Gasteiger partial charge in [0.15, 0.2) is 0 Å². The van der Waals surface area contributed by atoms with Crippen LogP contribution < -0.4 is 10.1 Å². The maximum absolute atomic E-state index is 12.5. The van der Waals surface area contributed by atoms with Gasteiger partial charge in [0, 0.05) is 43.0 Å². The van der Waals surface area contributed by atoms with Crippen molar-refractivity contribution in [3.63, 3.8) is 0 Å². The number of aromatic nitrogens is 4. The van der Waals surface area contributed by atoms with Crippen LogP contribution in [0.5, 0.6) is 11.5 Å². The lowest BCUT2D eigenvalue weighted by atomic mass is 9.92. The average Bonchev–Trinajstić information content (AvgIpc) is 3.27. The number of pyridine rings is 2. The zero-order chi connectivity index (χ0) is 22.2. The Bertz CT molecular complexity index is 1150. The van der Waals surface area contributed by atoms with Gasteiger partial charge in [-0.25, -0.2) is 9.78 Å². The highest BCUT2D eigenvalue weighted by atomic mass is 16.5. The first-order valence-corrected chi connectivity index (χ1v) is 9.96. The summed E-state index contributed by atoms with van der Waals surface area (Å²) in [5.74, 6) is 1.35. The zero-order valence-electron chi connectivity index (χ0n) is 17.9. The average molecular weight is 420 g/mol. The molecule has 1 aliphatic rings. The number of amides is 3. The molecule has 0 unspecified atom stereocenters. The first-order chi connectivity index (χ1) is 14.7. The molecule has 1 aliphatic heterocycles. The molecule has 0 aliphatic carbocycles. The van der Waals surface area contributed by atoms with Crippen LogP contribution in [-0.4, -0.2) is 43.1 Å². The van der Waals surface area contributed by atoms with Crippen molar-refractivity contribution in [1.82, 2.24) is 24.6 Å². The van der Waals surface area contributed by atoms with Crippen molar-refractivity contribution in [3.05, 3.63) is 48.5 Å². The Labute approximate surface area is 180 Å². The second-order valence-electron chi connectivity index (χ2n) is 8.18. The maximum atomic E-state index is 12.5. The molecule has 1 N–H and O–H groups in total. The number of likely N-dealkylation sites (tertiary alicyclic amines) is 1. The molecule has 3 aromatic rings. The van der Waals surface area contributed by atoms with E-state index in [1.54, 1.807) is 42.2 Å². The van der Waals surface area contributed by atoms with Crippen LogP contribution in [0.1, 0.15) is 26.0 Å². The SMILES string of the molecule is Cc1nc(NC(=O)N2CCC(C)(C)C2=O)ccc1Oc1ccnc(-c2cnn(C)c2)c1. The third kappa shape index (κ3) is 4.25. The number of ether oxygens (including phenoxy) is 1.